The first kappa shape index (κ1) is 33.9. The zero-order valence-electron chi connectivity index (χ0n) is 24.3. The van der Waals surface area contributed by atoms with Gasteiger partial charge in [0.1, 0.15) is 18.2 Å². The summed E-state index contributed by atoms with van der Waals surface area (Å²) >= 11 is 0. The average Bonchev–Trinajstić information content (AvgIpc) is 2.91. The van der Waals surface area contributed by atoms with Crippen LogP contribution in [-0.4, -0.2) is 48.9 Å². The highest BCUT2D eigenvalue weighted by Gasteiger charge is 2.26. The van der Waals surface area contributed by atoms with Gasteiger partial charge in [0.15, 0.2) is 11.5 Å². The Morgan fingerprint density at radius 3 is 1.90 bits per heavy atom. The molecule has 0 bridgehead atoms. The van der Waals surface area contributed by atoms with E-state index < -0.39 is 42.3 Å². The molecule has 1 aromatic rings. The Hall–Kier alpha value is -3.14. The number of unbranched alkanes of at least 4 members (excludes halogenated alkanes) is 2. The van der Waals surface area contributed by atoms with Gasteiger partial charge in [0.25, 0.3) is 0 Å². The van der Waals surface area contributed by atoms with Crippen LogP contribution in [0.3, 0.4) is 0 Å². The van der Waals surface area contributed by atoms with Crippen molar-refractivity contribution >= 4 is 24.1 Å². The van der Waals surface area contributed by atoms with E-state index in [-0.39, 0.29) is 36.4 Å². The standard InChI is InChI=1S/C29H45NO9/c1-8-11-12-15-35-29(34)37-21(7)20(6)36-28(33)23(30)16-22-13-14-24(38-26(31)18(4)9-2)25(17-22)39-27(32)19(5)10-3/h13-14,17-21,23H,8-12,15-16,30H2,1-7H3/t18?,19?,20-,21-,23-/m0/s1. The summed E-state index contributed by atoms with van der Waals surface area (Å²) in [6.07, 6.45) is 1.61. The Labute approximate surface area is 231 Å². The maximum atomic E-state index is 12.6. The molecule has 0 heterocycles. The minimum Gasteiger partial charge on any atom is -0.458 e. The number of rotatable bonds is 16. The van der Waals surface area contributed by atoms with Crippen molar-refractivity contribution in [1.82, 2.24) is 0 Å². The Kier molecular flexibility index (Phi) is 15.2. The lowest BCUT2D eigenvalue weighted by Crippen LogP contribution is -2.39. The lowest BCUT2D eigenvalue weighted by molar-refractivity contribution is -0.155. The van der Waals surface area contributed by atoms with E-state index >= 15 is 0 Å². The molecule has 0 amide bonds. The van der Waals surface area contributed by atoms with Crippen LogP contribution < -0.4 is 15.2 Å². The van der Waals surface area contributed by atoms with Crippen molar-refractivity contribution in [2.75, 3.05) is 6.61 Å². The predicted octanol–water partition coefficient (Wildman–Crippen LogP) is 5.12. The molecule has 0 aromatic heterocycles. The van der Waals surface area contributed by atoms with Crippen molar-refractivity contribution in [1.29, 1.82) is 0 Å². The van der Waals surface area contributed by atoms with Gasteiger partial charge in [0, 0.05) is 0 Å². The fourth-order valence-corrected chi connectivity index (χ4v) is 3.09. The van der Waals surface area contributed by atoms with E-state index in [1.807, 2.05) is 20.8 Å². The molecule has 5 atom stereocenters. The molecule has 220 valence electrons. The summed E-state index contributed by atoms with van der Waals surface area (Å²) in [6, 6.07) is 3.62. The highest BCUT2D eigenvalue weighted by Crippen LogP contribution is 2.31. The van der Waals surface area contributed by atoms with Gasteiger partial charge in [-0.25, -0.2) is 4.79 Å². The second kappa shape index (κ2) is 17.4. The molecule has 1 rings (SSSR count). The fraction of sp³-hybridized carbons (Fsp3) is 0.655. The van der Waals surface area contributed by atoms with Crippen LogP contribution in [0.5, 0.6) is 11.5 Å². The van der Waals surface area contributed by atoms with Gasteiger partial charge in [-0.05, 0) is 57.2 Å². The van der Waals surface area contributed by atoms with Gasteiger partial charge < -0.3 is 29.4 Å². The minimum atomic E-state index is -1.05. The molecule has 0 saturated heterocycles. The van der Waals surface area contributed by atoms with Gasteiger partial charge in [-0.15, -0.1) is 0 Å². The van der Waals surface area contributed by atoms with E-state index in [1.165, 1.54) is 12.1 Å². The van der Waals surface area contributed by atoms with E-state index in [9.17, 15) is 19.2 Å². The van der Waals surface area contributed by atoms with Crippen LogP contribution in [0, 0.1) is 11.8 Å². The molecular formula is C29H45NO9. The molecule has 0 fully saturated rings. The van der Waals surface area contributed by atoms with E-state index in [1.54, 1.807) is 33.8 Å². The van der Waals surface area contributed by atoms with Gasteiger partial charge in [-0.3, -0.25) is 14.4 Å². The zero-order chi connectivity index (χ0) is 29.5. The number of hydrogen-bond donors (Lipinski definition) is 1. The highest BCUT2D eigenvalue weighted by atomic mass is 16.7. The van der Waals surface area contributed by atoms with Crippen molar-refractivity contribution in [3.05, 3.63) is 23.8 Å². The number of hydrogen-bond acceptors (Lipinski definition) is 10. The number of carbonyl (C=O) groups excluding carboxylic acids is 4. The van der Waals surface area contributed by atoms with E-state index in [2.05, 4.69) is 0 Å². The molecule has 2 unspecified atom stereocenters. The Morgan fingerprint density at radius 2 is 1.33 bits per heavy atom. The molecule has 0 aliphatic rings. The molecule has 10 heteroatoms. The van der Waals surface area contributed by atoms with Crippen molar-refractivity contribution in [2.24, 2.45) is 17.6 Å². The zero-order valence-corrected chi connectivity index (χ0v) is 24.3. The molecular weight excluding hydrogens is 506 g/mol. The largest absolute Gasteiger partial charge is 0.508 e. The first-order valence-electron chi connectivity index (χ1n) is 13.8. The summed E-state index contributed by atoms with van der Waals surface area (Å²) in [5, 5.41) is 0. The van der Waals surface area contributed by atoms with Crippen LogP contribution >= 0.6 is 0 Å². The summed E-state index contributed by atoms with van der Waals surface area (Å²) in [5.74, 6) is -2.11. The van der Waals surface area contributed by atoms with Gasteiger partial charge >= 0.3 is 24.1 Å². The van der Waals surface area contributed by atoms with Crippen LogP contribution in [-0.2, 0) is 35.0 Å². The van der Waals surface area contributed by atoms with E-state index in [0.29, 0.717) is 18.4 Å². The SMILES string of the molecule is CCCCCOC(=O)O[C@@H](C)[C@H](C)OC(=O)[C@@H](N)Cc1ccc(OC(=O)C(C)CC)c(OC(=O)C(C)CC)c1. The van der Waals surface area contributed by atoms with Crippen LogP contribution in [0.2, 0.25) is 0 Å². The Bertz CT molecular complexity index is 949. The lowest BCUT2D eigenvalue weighted by atomic mass is 10.1. The number of carbonyl (C=O) groups is 4. The summed E-state index contributed by atoms with van der Waals surface area (Å²) in [4.78, 5) is 49.3. The van der Waals surface area contributed by atoms with Gasteiger partial charge in [0.05, 0.1) is 18.4 Å². The third kappa shape index (κ3) is 12.1. The number of esters is 3. The molecule has 0 radical (unpaired) electrons. The quantitative estimate of drug-likeness (QED) is 0.167. The molecule has 1 aromatic carbocycles. The first-order chi connectivity index (χ1) is 18.4. The third-order valence-electron chi connectivity index (χ3n) is 6.43. The molecule has 0 spiro atoms. The van der Waals surface area contributed by atoms with Gasteiger partial charge in [0.2, 0.25) is 0 Å². The van der Waals surface area contributed by atoms with Crippen molar-refractivity contribution in [3.8, 4) is 11.5 Å². The third-order valence-corrected chi connectivity index (χ3v) is 6.43. The van der Waals surface area contributed by atoms with Crippen LogP contribution in [0.1, 0.15) is 86.1 Å². The van der Waals surface area contributed by atoms with Crippen LogP contribution in [0.25, 0.3) is 0 Å². The molecule has 0 aliphatic heterocycles. The topological polar surface area (TPSA) is 140 Å². The smallest absolute Gasteiger partial charge is 0.458 e. The average molecular weight is 552 g/mol. The molecule has 0 aliphatic carbocycles. The fourth-order valence-electron chi connectivity index (χ4n) is 3.09. The molecule has 2 N–H and O–H groups in total. The lowest BCUT2D eigenvalue weighted by Gasteiger charge is -2.22. The van der Waals surface area contributed by atoms with Crippen molar-refractivity contribution in [2.45, 2.75) is 105 Å². The second-order valence-corrected chi connectivity index (χ2v) is 9.82. The Balaban J connectivity index is 2.85. The number of ether oxygens (including phenoxy) is 5. The predicted molar refractivity (Wildman–Crippen MR) is 145 cm³/mol. The summed E-state index contributed by atoms with van der Waals surface area (Å²) in [6.45, 7) is 12.7. The maximum Gasteiger partial charge on any atom is 0.508 e. The van der Waals surface area contributed by atoms with Gasteiger partial charge in [-0.1, -0.05) is 53.5 Å². The summed E-state index contributed by atoms with van der Waals surface area (Å²) < 4.78 is 26.6. The van der Waals surface area contributed by atoms with Crippen molar-refractivity contribution in [3.63, 3.8) is 0 Å². The van der Waals surface area contributed by atoms with Crippen molar-refractivity contribution < 1.29 is 42.9 Å². The minimum absolute atomic E-state index is 0.0632. The number of nitrogens with two attached hydrogens (primary N) is 1. The van der Waals surface area contributed by atoms with E-state index in [4.69, 9.17) is 29.4 Å². The van der Waals surface area contributed by atoms with Crippen LogP contribution in [0.15, 0.2) is 18.2 Å². The monoisotopic (exact) mass is 551 g/mol. The van der Waals surface area contributed by atoms with Gasteiger partial charge in [-0.2, -0.15) is 0 Å². The summed E-state index contributed by atoms with van der Waals surface area (Å²) in [7, 11) is 0. The summed E-state index contributed by atoms with van der Waals surface area (Å²) in [5.41, 5.74) is 6.66. The Morgan fingerprint density at radius 1 is 0.769 bits per heavy atom. The van der Waals surface area contributed by atoms with E-state index in [0.717, 1.165) is 19.3 Å². The molecule has 10 nitrogen and oxygen atoms in total. The normalized spacial score (nSPS) is 14.8. The second-order valence-electron chi connectivity index (χ2n) is 9.82. The maximum absolute atomic E-state index is 12.6. The molecule has 0 saturated carbocycles. The number of benzene rings is 1. The highest BCUT2D eigenvalue weighted by molar-refractivity contribution is 5.79. The molecule has 39 heavy (non-hydrogen) atoms. The van der Waals surface area contributed by atoms with Crippen LogP contribution in [0.4, 0.5) is 4.79 Å². The first-order valence-corrected chi connectivity index (χ1v) is 13.8.